The second-order valence-corrected chi connectivity index (χ2v) is 24.0. The Labute approximate surface area is 574 Å². The quantitative estimate of drug-likeness (QED) is 0.127. The molecule has 0 amide bonds. The van der Waals surface area contributed by atoms with Gasteiger partial charge in [-0.3, -0.25) is 0 Å². The molecule has 0 unspecified atom stereocenters. The van der Waals surface area contributed by atoms with Crippen LogP contribution >= 0.6 is 0 Å². The number of rotatable bonds is 10. The van der Waals surface area contributed by atoms with E-state index in [4.69, 9.17) is 11.0 Å². The maximum atomic E-state index is 9.69. The predicted molar refractivity (Wildman–Crippen MR) is 402 cm³/mol. The number of anilines is 6. The van der Waals surface area contributed by atoms with Gasteiger partial charge in [-0.1, -0.05) is 248 Å². The lowest BCUT2D eigenvalue weighted by Gasteiger charge is -2.45. The predicted octanol–water partition coefficient (Wildman–Crippen LogP) is 22.0. The molecule has 2 aromatic heterocycles. The van der Waals surface area contributed by atoms with Crippen LogP contribution in [0.15, 0.2) is 358 Å². The summed E-state index contributed by atoms with van der Waals surface area (Å²) in [6.07, 6.45) is 0. The first-order chi connectivity index (χ1) is 53.8. The van der Waals surface area contributed by atoms with Gasteiger partial charge >= 0.3 is 0 Å². The van der Waals surface area contributed by atoms with E-state index in [9.17, 15) is 11.0 Å². The van der Waals surface area contributed by atoms with Gasteiger partial charge in [0.15, 0.2) is 0 Å². The molecule has 15 aromatic carbocycles. The average molecular weight is 1220 g/mol. The molecule has 4 heterocycles. The Morgan fingerprint density at radius 2 is 0.526 bits per heavy atom. The minimum Gasteiger partial charge on any atom is -0.311 e. The van der Waals surface area contributed by atoms with Crippen LogP contribution in [0, 0.1) is 0 Å². The van der Waals surface area contributed by atoms with E-state index in [1.807, 2.05) is 140 Å². The molecule has 442 valence electrons. The lowest BCUT2D eigenvalue weighted by atomic mass is 9.33. The van der Waals surface area contributed by atoms with Crippen LogP contribution in [0.3, 0.4) is 0 Å². The molecule has 19 rings (SSSR count). The SMILES string of the molecule is [2H]c1c([2H])c([2H])c2c(c1[2H])c1c([2H])c([2H])c([2H])c([2H])c1n2-c1ccc2c(c1)N(c1ccccc1-c1cc(-c3ccccc3)cc(-c3ccccc3)c1)c1cccc3c1B2c1ccc(-n2c4c([2H])c([2H])c([2H])c([2H])c4c4c([2H])c([2H])c([2H])c([2H])c42)cc1N3c1ccccc1-c1cc(-c2ccccc2)cc(-c2ccccc2)c1. The summed E-state index contributed by atoms with van der Waals surface area (Å²) in [4.78, 5) is 4.44. The number of hydrogen-bond acceptors (Lipinski definition) is 2. The molecule has 0 atom stereocenters. The van der Waals surface area contributed by atoms with Gasteiger partial charge < -0.3 is 18.9 Å². The van der Waals surface area contributed by atoms with Gasteiger partial charge in [-0.2, -0.15) is 0 Å². The molecule has 0 aliphatic carbocycles. The molecule has 4 nitrogen and oxygen atoms in total. The zero-order valence-electron chi connectivity index (χ0n) is 66.7. The first kappa shape index (κ1) is 40.4. The summed E-state index contributed by atoms with van der Waals surface area (Å²) in [6, 6.07) is 79.9. The second kappa shape index (κ2) is 22.2. The van der Waals surface area contributed by atoms with E-state index >= 15 is 0 Å². The Kier molecular flexibility index (Phi) is 9.43. The van der Waals surface area contributed by atoms with Crippen LogP contribution in [-0.4, -0.2) is 15.8 Å². The Morgan fingerprint density at radius 3 is 0.874 bits per heavy atom. The van der Waals surface area contributed by atoms with Gasteiger partial charge in [0.1, 0.15) is 0 Å². The third-order valence-corrected chi connectivity index (χ3v) is 18.8. The summed E-state index contributed by atoms with van der Waals surface area (Å²) in [5, 5.41) is -0.277. The maximum absolute atomic E-state index is 9.69. The van der Waals surface area contributed by atoms with Gasteiger partial charge in [0.05, 0.1) is 55.4 Å². The van der Waals surface area contributed by atoms with Crippen LogP contribution < -0.4 is 26.2 Å². The summed E-state index contributed by atoms with van der Waals surface area (Å²) in [7, 11) is 0. The Hall–Kier alpha value is -12.4. The van der Waals surface area contributed by atoms with Gasteiger partial charge in [-0.25, -0.2) is 0 Å². The summed E-state index contributed by atoms with van der Waals surface area (Å²) in [5.74, 6) is 0. The summed E-state index contributed by atoms with van der Waals surface area (Å²) >= 11 is 0. The molecule has 0 spiro atoms. The van der Waals surface area contributed by atoms with E-state index in [0.717, 1.165) is 106 Å². The van der Waals surface area contributed by atoms with E-state index in [-0.39, 0.29) is 43.6 Å². The summed E-state index contributed by atoms with van der Waals surface area (Å²) in [5.41, 5.74) is 18.2. The topological polar surface area (TPSA) is 16.3 Å². The van der Waals surface area contributed by atoms with Crippen molar-refractivity contribution in [3.05, 3.63) is 358 Å². The Morgan fingerprint density at radius 1 is 0.232 bits per heavy atom. The standard InChI is InChI=1S/C90H59BN4/c1-5-26-60(27-6-1)64-52-65(61-28-7-2-8-29-61)55-68(54-64)72-34-13-19-40-80(72)94-86-46-25-47-87-90(86)91(78-50-48-70(58-88(78)94)92-82-42-21-15-36-74(82)75-37-16-22-43-83(75)92)79-51-49-71(93-84-44-23-17-38-76(84)77-39-18-24-45-85(77)93)59-89(79)95(87)81-41-20-14-35-73(81)69-56-66(62-30-9-3-10-31-62)53-67(57-69)63-32-11-4-12-33-63/h1-59H/i15D,16D,17D,18D,21D,22D,23D,24D,36D,37D,38D,39D,42D,43D,44D,45D. The van der Waals surface area contributed by atoms with E-state index in [2.05, 4.69) is 131 Å². The third-order valence-electron chi connectivity index (χ3n) is 18.8. The molecule has 0 N–H and O–H groups in total. The van der Waals surface area contributed by atoms with Crippen molar-refractivity contribution >= 4 is 101 Å². The molecule has 2 aliphatic heterocycles. The van der Waals surface area contributed by atoms with Crippen molar-refractivity contribution in [2.45, 2.75) is 0 Å². The number of hydrogen-bond donors (Lipinski definition) is 0. The van der Waals surface area contributed by atoms with Crippen molar-refractivity contribution in [2.75, 3.05) is 9.80 Å². The van der Waals surface area contributed by atoms with Gasteiger partial charge in [0.2, 0.25) is 0 Å². The van der Waals surface area contributed by atoms with E-state index in [0.29, 0.717) is 22.7 Å². The van der Waals surface area contributed by atoms with Crippen molar-refractivity contribution in [3.8, 4) is 78.1 Å². The summed E-state index contributed by atoms with van der Waals surface area (Å²) < 4.78 is 152. The van der Waals surface area contributed by atoms with Gasteiger partial charge in [-0.15, -0.1) is 0 Å². The summed E-state index contributed by atoms with van der Waals surface area (Å²) in [6.45, 7) is -0.700. The van der Waals surface area contributed by atoms with Crippen LogP contribution in [0.2, 0.25) is 0 Å². The number of fused-ring (bicyclic) bond motifs is 10. The number of benzene rings is 15. The van der Waals surface area contributed by atoms with Crippen molar-refractivity contribution in [2.24, 2.45) is 0 Å². The smallest absolute Gasteiger partial charge is 0.252 e. The van der Waals surface area contributed by atoms with Crippen LogP contribution in [-0.2, 0) is 0 Å². The highest BCUT2D eigenvalue weighted by atomic mass is 15.2. The normalized spacial score (nSPS) is 14.7. The Balaban J connectivity index is 0.941. The van der Waals surface area contributed by atoms with E-state index < -0.39 is 103 Å². The van der Waals surface area contributed by atoms with Crippen LogP contribution in [0.1, 0.15) is 21.9 Å². The minimum atomic E-state index is -0.700. The largest absolute Gasteiger partial charge is 0.311 e. The number of aromatic nitrogens is 2. The molecule has 0 bridgehead atoms. The van der Waals surface area contributed by atoms with Gasteiger partial charge in [0, 0.05) is 66.8 Å². The van der Waals surface area contributed by atoms with E-state index in [1.54, 1.807) is 0 Å². The molecule has 17 aromatic rings. The highest BCUT2D eigenvalue weighted by Crippen LogP contribution is 2.51. The highest BCUT2D eigenvalue weighted by Gasteiger charge is 2.44. The molecule has 0 saturated carbocycles. The lowest BCUT2D eigenvalue weighted by Crippen LogP contribution is -2.61. The first-order valence-corrected chi connectivity index (χ1v) is 31.5. The minimum absolute atomic E-state index is 0.0469. The lowest BCUT2D eigenvalue weighted by molar-refractivity contribution is 1.17. The van der Waals surface area contributed by atoms with Crippen molar-refractivity contribution < 1.29 is 21.9 Å². The molecule has 0 saturated heterocycles. The molecule has 0 radical (unpaired) electrons. The van der Waals surface area contributed by atoms with Gasteiger partial charge in [-0.05, 0) is 181 Å². The average Bonchev–Trinajstić information content (AvgIpc) is 1.55. The van der Waals surface area contributed by atoms with E-state index in [1.165, 1.54) is 9.13 Å². The highest BCUT2D eigenvalue weighted by molar-refractivity contribution is 7.00. The number of para-hydroxylation sites is 6. The second-order valence-electron chi connectivity index (χ2n) is 24.0. The zero-order valence-corrected chi connectivity index (χ0v) is 50.7. The fourth-order valence-corrected chi connectivity index (χ4v) is 14.6. The van der Waals surface area contributed by atoms with Crippen LogP contribution in [0.25, 0.3) is 122 Å². The molecular weight excluding hydrogens is 1150 g/mol. The number of nitrogens with zero attached hydrogens (tertiary/aromatic N) is 4. The molecule has 2 aliphatic rings. The van der Waals surface area contributed by atoms with Crippen molar-refractivity contribution in [1.82, 2.24) is 9.13 Å². The Bertz CT molecular complexity index is 6200. The zero-order chi connectivity index (χ0) is 76.4. The molecule has 5 heteroatoms. The van der Waals surface area contributed by atoms with Gasteiger partial charge in [0.25, 0.3) is 6.71 Å². The molecule has 95 heavy (non-hydrogen) atoms. The van der Waals surface area contributed by atoms with Crippen molar-refractivity contribution in [3.63, 3.8) is 0 Å². The fraction of sp³-hybridized carbons (Fsp3) is 0. The molecular formula is C90H59BN4. The third kappa shape index (κ3) is 8.85. The monoisotopic (exact) mass is 1220 g/mol. The maximum Gasteiger partial charge on any atom is 0.252 e. The van der Waals surface area contributed by atoms with Crippen LogP contribution in [0.5, 0.6) is 0 Å². The first-order valence-electron chi connectivity index (χ1n) is 39.5. The van der Waals surface area contributed by atoms with Crippen molar-refractivity contribution in [1.29, 1.82) is 0 Å². The molecule has 0 fully saturated rings. The fourth-order valence-electron chi connectivity index (χ4n) is 14.6. The van der Waals surface area contributed by atoms with Crippen LogP contribution in [0.4, 0.5) is 34.1 Å².